The highest BCUT2D eigenvalue weighted by atomic mass is 32.1. The normalized spacial score (nSPS) is 11.6. The lowest BCUT2D eigenvalue weighted by atomic mass is 10.4. The van der Waals surface area contributed by atoms with Crippen LogP contribution in [0.2, 0.25) is 0 Å². The second-order valence-corrected chi connectivity index (χ2v) is 3.50. The molecule has 0 atom stereocenters. The molecule has 4 N–H and O–H groups in total. The molecule has 0 saturated carbocycles. The van der Waals surface area contributed by atoms with Gasteiger partial charge in [-0.2, -0.15) is 0 Å². The number of rotatable bonds is 4. The molecule has 1 heterocycles. The smallest absolute Gasteiger partial charge is 0.287 e. The van der Waals surface area contributed by atoms with Crippen molar-refractivity contribution in [2.75, 3.05) is 24.2 Å². The van der Waals surface area contributed by atoms with E-state index in [1.807, 2.05) is 0 Å². The van der Waals surface area contributed by atoms with Crippen molar-refractivity contribution in [1.29, 1.82) is 0 Å². The van der Waals surface area contributed by atoms with Crippen molar-refractivity contribution in [3.63, 3.8) is 0 Å². The first-order valence-electron chi connectivity index (χ1n) is 3.47. The molecular formula is C6H9F2N3OS. The van der Waals surface area contributed by atoms with E-state index in [-0.39, 0.29) is 0 Å². The predicted octanol–water partition coefficient (Wildman–Crippen LogP) is 0.765. The highest BCUT2D eigenvalue weighted by Crippen LogP contribution is 2.21. The Morgan fingerprint density at radius 3 is 2.85 bits per heavy atom. The fourth-order valence-electron chi connectivity index (χ4n) is 0.629. The van der Waals surface area contributed by atoms with Gasteiger partial charge in [0.05, 0.1) is 12.7 Å². The van der Waals surface area contributed by atoms with Gasteiger partial charge in [-0.05, 0) is 0 Å². The van der Waals surface area contributed by atoms with E-state index in [9.17, 15) is 8.78 Å². The lowest BCUT2D eigenvalue weighted by Crippen LogP contribution is -2.30. The summed E-state index contributed by atoms with van der Waals surface area (Å²) in [6.45, 7) is -1.82. The average molecular weight is 209 g/mol. The quantitative estimate of drug-likeness (QED) is 0.684. The molecule has 0 aliphatic heterocycles. The van der Waals surface area contributed by atoms with Crippen molar-refractivity contribution in [2.45, 2.75) is 5.92 Å². The van der Waals surface area contributed by atoms with Gasteiger partial charge < -0.3 is 16.2 Å². The van der Waals surface area contributed by atoms with Gasteiger partial charge in [0, 0.05) is 0 Å². The van der Waals surface area contributed by atoms with Crippen LogP contribution in [0.25, 0.3) is 0 Å². The molecule has 1 aromatic rings. The number of hydrogen-bond donors (Lipinski definition) is 3. The van der Waals surface area contributed by atoms with Crippen molar-refractivity contribution >= 4 is 21.5 Å². The summed E-state index contributed by atoms with van der Waals surface area (Å²) in [6, 6.07) is 0. The molecule has 0 unspecified atom stereocenters. The zero-order valence-corrected chi connectivity index (χ0v) is 7.44. The largest absolute Gasteiger partial charge is 0.390 e. The van der Waals surface area contributed by atoms with E-state index in [1.165, 1.54) is 6.20 Å². The molecule has 4 nitrogen and oxygen atoms in total. The van der Waals surface area contributed by atoms with E-state index >= 15 is 0 Å². The van der Waals surface area contributed by atoms with Crippen LogP contribution in [0.15, 0.2) is 6.20 Å². The molecular weight excluding hydrogens is 200 g/mol. The maximum absolute atomic E-state index is 12.5. The summed E-state index contributed by atoms with van der Waals surface area (Å²) < 4.78 is 25.0. The summed E-state index contributed by atoms with van der Waals surface area (Å²) in [5.74, 6) is -3.12. The first-order chi connectivity index (χ1) is 6.03. The van der Waals surface area contributed by atoms with Crippen molar-refractivity contribution in [3.8, 4) is 0 Å². The van der Waals surface area contributed by atoms with E-state index < -0.39 is 19.1 Å². The molecule has 0 saturated heterocycles. The Morgan fingerprint density at radius 2 is 2.38 bits per heavy atom. The maximum Gasteiger partial charge on any atom is 0.287 e. The lowest BCUT2D eigenvalue weighted by molar-refractivity contribution is -0.0372. The molecule has 7 heteroatoms. The number of nitrogens with zero attached hydrogens (tertiary/aromatic N) is 1. The molecule has 1 rings (SSSR count). The number of nitrogen functional groups attached to an aromatic ring is 1. The summed E-state index contributed by atoms with van der Waals surface area (Å²) in [7, 11) is 0. The van der Waals surface area contributed by atoms with Crippen LogP contribution >= 0.6 is 11.3 Å². The molecule has 74 valence electrons. The number of nitrogens with two attached hydrogens (primary N) is 1. The average Bonchev–Trinajstić information content (AvgIpc) is 2.48. The minimum absolute atomic E-state index is 0.325. The molecule has 0 amide bonds. The Bertz CT molecular complexity index is 279. The lowest BCUT2D eigenvalue weighted by Gasteiger charge is -2.12. The van der Waals surface area contributed by atoms with Crippen LogP contribution in [0.4, 0.5) is 18.9 Å². The topological polar surface area (TPSA) is 71.2 Å². The number of alkyl halides is 2. The molecule has 0 radical (unpaired) electrons. The molecule has 0 fully saturated rings. The molecule has 13 heavy (non-hydrogen) atoms. The number of aliphatic hydroxyl groups excluding tert-OH is 1. The van der Waals surface area contributed by atoms with Gasteiger partial charge in [-0.15, -0.1) is 0 Å². The van der Waals surface area contributed by atoms with Crippen molar-refractivity contribution in [2.24, 2.45) is 0 Å². The van der Waals surface area contributed by atoms with Crippen LogP contribution in [0.5, 0.6) is 0 Å². The summed E-state index contributed by atoms with van der Waals surface area (Å²) in [5.41, 5.74) is 5.33. The SMILES string of the molecule is Nc1cnc(NCC(F)(F)CO)s1. The van der Waals surface area contributed by atoms with E-state index in [0.717, 1.165) is 11.3 Å². The Labute approximate surface area is 77.4 Å². The Kier molecular flexibility index (Phi) is 2.99. The van der Waals surface area contributed by atoms with Gasteiger partial charge in [0.25, 0.3) is 5.92 Å². The summed E-state index contributed by atoms with van der Waals surface area (Å²) in [4.78, 5) is 3.72. The van der Waals surface area contributed by atoms with Gasteiger partial charge in [0.15, 0.2) is 5.13 Å². The van der Waals surface area contributed by atoms with Gasteiger partial charge in [0.1, 0.15) is 11.6 Å². The third kappa shape index (κ3) is 3.11. The van der Waals surface area contributed by atoms with Crippen molar-refractivity contribution < 1.29 is 13.9 Å². The standard InChI is InChI=1S/C6H9F2N3OS/c7-6(8,3-12)2-11-5-10-1-4(9)13-5/h1,12H,2-3,9H2,(H,10,11). The number of aromatic nitrogens is 1. The molecule has 1 aromatic heterocycles. The van der Waals surface area contributed by atoms with Crippen LogP contribution < -0.4 is 11.1 Å². The first kappa shape index (κ1) is 10.1. The van der Waals surface area contributed by atoms with E-state index in [4.69, 9.17) is 10.8 Å². The number of aliphatic hydroxyl groups is 1. The molecule has 0 spiro atoms. The van der Waals surface area contributed by atoms with Crippen molar-refractivity contribution in [3.05, 3.63) is 6.20 Å². The van der Waals surface area contributed by atoms with Gasteiger partial charge in [-0.25, -0.2) is 13.8 Å². The molecule has 0 aromatic carbocycles. The van der Waals surface area contributed by atoms with Crippen LogP contribution in [-0.4, -0.2) is 29.2 Å². The monoisotopic (exact) mass is 209 g/mol. The van der Waals surface area contributed by atoms with E-state index in [1.54, 1.807) is 0 Å². The Hall–Kier alpha value is -0.950. The van der Waals surface area contributed by atoms with Crippen molar-refractivity contribution in [1.82, 2.24) is 4.98 Å². The number of hydrogen-bond acceptors (Lipinski definition) is 5. The minimum Gasteiger partial charge on any atom is -0.390 e. The molecule has 0 bridgehead atoms. The second kappa shape index (κ2) is 3.84. The van der Waals surface area contributed by atoms with Gasteiger partial charge >= 0.3 is 0 Å². The predicted molar refractivity (Wildman–Crippen MR) is 47.0 cm³/mol. The fourth-order valence-corrected chi connectivity index (χ4v) is 1.21. The third-order valence-electron chi connectivity index (χ3n) is 1.25. The zero-order chi connectivity index (χ0) is 9.90. The van der Waals surface area contributed by atoms with E-state index in [0.29, 0.717) is 10.1 Å². The van der Waals surface area contributed by atoms with Gasteiger partial charge in [0.2, 0.25) is 0 Å². The highest BCUT2D eigenvalue weighted by Gasteiger charge is 2.27. The second-order valence-electron chi connectivity index (χ2n) is 2.44. The number of anilines is 2. The van der Waals surface area contributed by atoms with Crippen LogP contribution in [-0.2, 0) is 0 Å². The minimum atomic E-state index is -3.12. The summed E-state index contributed by atoms with van der Waals surface area (Å²) in [5, 5.41) is 11.4. The summed E-state index contributed by atoms with van der Waals surface area (Å²) in [6.07, 6.45) is 1.38. The third-order valence-corrected chi connectivity index (χ3v) is 2.04. The van der Waals surface area contributed by atoms with E-state index in [2.05, 4.69) is 10.3 Å². The maximum atomic E-state index is 12.5. The van der Waals surface area contributed by atoms with Crippen LogP contribution in [0.1, 0.15) is 0 Å². The zero-order valence-electron chi connectivity index (χ0n) is 6.63. The number of nitrogens with one attached hydrogen (secondary N) is 1. The fraction of sp³-hybridized carbons (Fsp3) is 0.500. The Balaban J connectivity index is 2.43. The van der Waals surface area contributed by atoms with Gasteiger partial charge in [-0.3, -0.25) is 0 Å². The number of halogens is 2. The highest BCUT2D eigenvalue weighted by molar-refractivity contribution is 7.19. The number of thiazole rings is 1. The first-order valence-corrected chi connectivity index (χ1v) is 4.29. The Morgan fingerprint density at radius 1 is 1.69 bits per heavy atom. The van der Waals surface area contributed by atoms with Crippen LogP contribution in [0, 0.1) is 0 Å². The van der Waals surface area contributed by atoms with Crippen LogP contribution in [0.3, 0.4) is 0 Å². The summed E-state index contributed by atoms with van der Waals surface area (Å²) >= 11 is 1.08. The molecule has 0 aliphatic rings. The van der Waals surface area contributed by atoms with Gasteiger partial charge in [-0.1, -0.05) is 11.3 Å². The molecule has 0 aliphatic carbocycles.